The Morgan fingerprint density at radius 1 is 1.85 bits per heavy atom. The summed E-state index contributed by atoms with van der Waals surface area (Å²) >= 11 is 0. The van der Waals surface area contributed by atoms with Gasteiger partial charge in [-0.15, -0.1) is 0 Å². The topological polar surface area (TPSA) is 106 Å². The molecule has 0 aromatic rings. The summed E-state index contributed by atoms with van der Waals surface area (Å²) in [6, 6.07) is 0. The molecule has 13 heavy (non-hydrogen) atoms. The monoisotopic (exact) mass is 202 g/mol. The maximum absolute atomic E-state index is 11.1. The summed E-state index contributed by atoms with van der Waals surface area (Å²) in [6.45, 7) is 0.144. The van der Waals surface area contributed by atoms with E-state index < -0.39 is 11.9 Å². The number of carbonyl (C=O) groups excluding carboxylic acids is 1. The van der Waals surface area contributed by atoms with Crippen molar-refractivity contribution < 1.29 is 14.7 Å². The zero-order chi connectivity index (χ0) is 9.84. The molecule has 1 aliphatic heterocycles. The van der Waals surface area contributed by atoms with Crippen molar-refractivity contribution >= 4 is 20.8 Å². The van der Waals surface area contributed by atoms with E-state index in [1.165, 1.54) is 4.67 Å². The normalized spacial score (nSPS) is 22.3. The minimum atomic E-state index is -0.985. The van der Waals surface area contributed by atoms with Crippen molar-refractivity contribution in [2.45, 2.75) is 6.42 Å². The predicted octanol–water partition coefficient (Wildman–Crippen LogP) is 0.738. The zero-order valence-corrected chi connectivity index (χ0v) is 7.54. The van der Waals surface area contributed by atoms with Crippen LogP contribution in [-0.4, -0.2) is 28.2 Å². The van der Waals surface area contributed by atoms with Crippen LogP contribution in [0.1, 0.15) is 6.42 Å². The lowest BCUT2D eigenvalue weighted by atomic mass is 10.1. The van der Waals surface area contributed by atoms with E-state index in [0.717, 1.165) is 0 Å². The maximum atomic E-state index is 11.1. The summed E-state index contributed by atoms with van der Waals surface area (Å²) in [6.07, 6.45) is 0.00326. The van der Waals surface area contributed by atoms with Crippen molar-refractivity contribution in [2.75, 3.05) is 6.54 Å². The van der Waals surface area contributed by atoms with Crippen molar-refractivity contribution in [3.8, 4) is 0 Å². The molecule has 1 fully saturated rings. The SMILES string of the molecule is [N-]=[N+]=NPN1C[C@H](C(=O)O)CC1=O. The number of carbonyl (C=O) groups is 2. The van der Waals surface area contributed by atoms with Crippen LogP contribution in [0, 0.1) is 5.92 Å². The second-order valence-electron chi connectivity index (χ2n) is 2.53. The standard InChI is InChI=1S/C5H7N4O3P/c6-7-8-13-9-2-3(5(11)12)1-4(9)10/h3,13H,1-2H2,(H,11,12)/t3-/m1/s1. The molecule has 2 atom stereocenters. The number of carboxylic acids is 1. The Labute approximate surface area is 75.2 Å². The minimum absolute atomic E-state index is 0.00326. The van der Waals surface area contributed by atoms with E-state index in [9.17, 15) is 9.59 Å². The molecule has 0 radical (unpaired) electrons. The first-order chi connectivity index (χ1) is 6.15. The first-order valence-corrected chi connectivity index (χ1v) is 4.37. The van der Waals surface area contributed by atoms with E-state index in [0.29, 0.717) is 0 Å². The molecule has 8 heteroatoms. The van der Waals surface area contributed by atoms with Crippen LogP contribution in [0.3, 0.4) is 0 Å². The van der Waals surface area contributed by atoms with Gasteiger partial charge in [-0.25, -0.2) is 0 Å². The number of hydrogen-bond acceptors (Lipinski definition) is 3. The highest BCUT2D eigenvalue weighted by Gasteiger charge is 2.33. The van der Waals surface area contributed by atoms with Crippen molar-refractivity contribution in [3.63, 3.8) is 0 Å². The Kier molecular flexibility index (Phi) is 3.06. The van der Waals surface area contributed by atoms with Crippen molar-refractivity contribution in [1.82, 2.24) is 4.67 Å². The summed E-state index contributed by atoms with van der Waals surface area (Å²) in [5, 5.41) is 8.59. The number of amides is 1. The van der Waals surface area contributed by atoms with Crippen LogP contribution in [-0.2, 0) is 9.59 Å². The quantitative estimate of drug-likeness (QED) is 0.315. The Bertz CT molecular complexity index is 288. The van der Waals surface area contributed by atoms with Crippen LogP contribution in [0.15, 0.2) is 4.88 Å². The molecule has 0 bridgehead atoms. The number of azide groups is 1. The van der Waals surface area contributed by atoms with Gasteiger partial charge in [-0.2, -0.15) is 0 Å². The summed E-state index contributed by atoms with van der Waals surface area (Å²) in [5.41, 5.74) is 8.00. The zero-order valence-electron chi connectivity index (χ0n) is 6.54. The van der Waals surface area contributed by atoms with Gasteiger partial charge >= 0.3 is 5.97 Å². The van der Waals surface area contributed by atoms with Gasteiger partial charge in [0.1, 0.15) is 0 Å². The molecule has 1 saturated heterocycles. The minimum Gasteiger partial charge on any atom is -0.481 e. The molecule has 7 nitrogen and oxygen atoms in total. The smallest absolute Gasteiger partial charge is 0.308 e. The van der Waals surface area contributed by atoms with Crippen LogP contribution in [0.5, 0.6) is 0 Å². The number of rotatable bonds is 3. The third kappa shape index (κ3) is 2.31. The van der Waals surface area contributed by atoms with Gasteiger partial charge in [0, 0.05) is 17.9 Å². The molecule has 1 unspecified atom stereocenters. The van der Waals surface area contributed by atoms with E-state index in [1.807, 2.05) is 0 Å². The fourth-order valence-electron chi connectivity index (χ4n) is 1.04. The lowest BCUT2D eigenvalue weighted by Crippen LogP contribution is -2.17. The molecule has 70 valence electrons. The maximum Gasteiger partial charge on any atom is 0.308 e. The van der Waals surface area contributed by atoms with Gasteiger partial charge < -0.3 is 9.78 Å². The van der Waals surface area contributed by atoms with E-state index in [4.69, 9.17) is 10.6 Å². The molecule has 0 spiro atoms. The Morgan fingerprint density at radius 2 is 2.54 bits per heavy atom. The highest BCUT2D eigenvalue weighted by atomic mass is 31.1. The molecule has 1 aliphatic rings. The molecule has 1 N–H and O–H groups in total. The summed E-state index contributed by atoms with van der Waals surface area (Å²) in [4.78, 5) is 27.3. The molecule has 0 aromatic heterocycles. The number of aliphatic carboxylic acids is 1. The van der Waals surface area contributed by atoms with Crippen LogP contribution in [0.25, 0.3) is 10.4 Å². The van der Waals surface area contributed by atoms with Crippen molar-refractivity contribution in [1.29, 1.82) is 0 Å². The molecule has 0 aliphatic carbocycles. The second-order valence-corrected chi connectivity index (χ2v) is 3.47. The van der Waals surface area contributed by atoms with Crippen LogP contribution in [0.4, 0.5) is 0 Å². The highest BCUT2D eigenvalue weighted by molar-refractivity contribution is 7.34. The number of nitrogens with zero attached hydrogens (tertiary/aromatic N) is 4. The molecule has 0 saturated carbocycles. The van der Waals surface area contributed by atoms with Crippen LogP contribution >= 0.6 is 8.88 Å². The summed E-state index contributed by atoms with van der Waals surface area (Å²) in [5.74, 6) is -1.91. The Hall–Kier alpha value is -1.32. The van der Waals surface area contributed by atoms with E-state index >= 15 is 0 Å². The largest absolute Gasteiger partial charge is 0.481 e. The summed E-state index contributed by atoms with van der Waals surface area (Å²) < 4.78 is 1.26. The lowest BCUT2D eigenvalue weighted by molar-refractivity contribution is -0.141. The molecular weight excluding hydrogens is 195 g/mol. The van der Waals surface area contributed by atoms with E-state index in [1.54, 1.807) is 0 Å². The van der Waals surface area contributed by atoms with E-state index in [2.05, 4.69) is 9.80 Å². The third-order valence-electron chi connectivity index (χ3n) is 1.68. The average molecular weight is 202 g/mol. The summed E-state index contributed by atoms with van der Waals surface area (Å²) in [7, 11) is -0.326. The van der Waals surface area contributed by atoms with Crippen LogP contribution < -0.4 is 0 Å². The molecule has 1 heterocycles. The van der Waals surface area contributed by atoms with Crippen molar-refractivity contribution in [3.05, 3.63) is 10.4 Å². The fraction of sp³-hybridized carbons (Fsp3) is 0.600. The fourth-order valence-corrected chi connectivity index (χ4v) is 1.70. The van der Waals surface area contributed by atoms with Gasteiger partial charge in [-0.05, 0) is 5.53 Å². The highest BCUT2D eigenvalue weighted by Crippen LogP contribution is 2.29. The van der Waals surface area contributed by atoms with Gasteiger partial charge in [0.2, 0.25) is 5.91 Å². The lowest BCUT2D eigenvalue weighted by Gasteiger charge is -2.10. The first-order valence-electron chi connectivity index (χ1n) is 3.48. The Morgan fingerprint density at radius 3 is 3.00 bits per heavy atom. The number of carboxylic acid groups (broad SMARTS) is 1. The third-order valence-corrected chi connectivity index (χ3v) is 2.54. The second kappa shape index (κ2) is 4.07. The van der Waals surface area contributed by atoms with Gasteiger partial charge in [-0.1, -0.05) is 4.88 Å². The van der Waals surface area contributed by atoms with Gasteiger partial charge in [0.05, 0.1) is 14.8 Å². The van der Waals surface area contributed by atoms with E-state index in [-0.39, 0.29) is 27.8 Å². The predicted molar refractivity (Wildman–Crippen MR) is 44.9 cm³/mol. The average Bonchev–Trinajstić information content (AvgIpc) is 2.44. The number of hydrogen-bond donors (Lipinski definition) is 1. The van der Waals surface area contributed by atoms with Gasteiger partial charge in [0.25, 0.3) is 0 Å². The van der Waals surface area contributed by atoms with Gasteiger partial charge in [0.15, 0.2) is 0 Å². The first kappa shape index (κ1) is 9.77. The molecule has 0 aromatic carbocycles. The molecule has 1 amide bonds. The van der Waals surface area contributed by atoms with Gasteiger partial charge in [-0.3, -0.25) is 9.59 Å². The van der Waals surface area contributed by atoms with Crippen LogP contribution in [0.2, 0.25) is 0 Å². The Balaban J connectivity index is 2.56. The van der Waals surface area contributed by atoms with Crippen molar-refractivity contribution in [2.24, 2.45) is 10.8 Å². The molecule has 1 rings (SSSR count). The molecular formula is C5H7N4O3P.